The molecule has 0 aliphatic rings. The molecule has 16 heavy (non-hydrogen) atoms. The van der Waals surface area contributed by atoms with Crippen LogP contribution >= 0.6 is 23.2 Å². The first-order chi connectivity index (χ1) is 7.58. The van der Waals surface area contributed by atoms with Crippen molar-refractivity contribution in [1.82, 2.24) is 0 Å². The van der Waals surface area contributed by atoms with Crippen molar-refractivity contribution in [3.8, 4) is 11.1 Å². The third-order valence-corrected chi connectivity index (χ3v) is 2.71. The van der Waals surface area contributed by atoms with Gasteiger partial charge in [-0.3, -0.25) is 0 Å². The maximum Gasteiger partial charge on any atom is 0.131 e. The molecule has 2 rings (SSSR count). The minimum Gasteiger partial charge on any atom is -0.207 e. The van der Waals surface area contributed by atoms with Crippen molar-refractivity contribution in [2.45, 2.75) is 0 Å². The van der Waals surface area contributed by atoms with Crippen LogP contribution in [0.15, 0.2) is 36.4 Å². The molecular formula is C12H6Cl2F2. The molecule has 0 saturated carbocycles. The second kappa shape index (κ2) is 4.40. The molecule has 0 N–H and O–H groups in total. The first kappa shape index (κ1) is 11.4. The highest BCUT2D eigenvalue weighted by Crippen LogP contribution is 2.32. The molecule has 0 radical (unpaired) electrons. The highest BCUT2D eigenvalue weighted by atomic mass is 35.5. The molecule has 0 fully saturated rings. The molecule has 0 nitrogen and oxygen atoms in total. The summed E-state index contributed by atoms with van der Waals surface area (Å²) in [6.45, 7) is 0. The van der Waals surface area contributed by atoms with E-state index in [1.165, 1.54) is 36.4 Å². The highest BCUT2D eigenvalue weighted by Gasteiger charge is 2.10. The fraction of sp³-hybridized carbons (Fsp3) is 0. The van der Waals surface area contributed by atoms with Crippen LogP contribution in [0.2, 0.25) is 10.0 Å². The molecule has 0 spiro atoms. The summed E-state index contributed by atoms with van der Waals surface area (Å²) < 4.78 is 26.6. The van der Waals surface area contributed by atoms with E-state index in [2.05, 4.69) is 0 Å². The van der Waals surface area contributed by atoms with Gasteiger partial charge in [0.15, 0.2) is 0 Å². The second-order valence-corrected chi connectivity index (χ2v) is 4.09. The van der Waals surface area contributed by atoms with Gasteiger partial charge in [-0.25, -0.2) is 8.78 Å². The molecule has 2 aromatic carbocycles. The molecule has 0 heterocycles. The molecule has 0 aliphatic carbocycles. The van der Waals surface area contributed by atoms with Crippen molar-refractivity contribution in [3.63, 3.8) is 0 Å². The van der Waals surface area contributed by atoms with E-state index in [9.17, 15) is 8.78 Å². The van der Waals surface area contributed by atoms with E-state index < -0.39 is 11.6 Å². The van der Waals surface area contributed by atoms with Crippen LogP contribution in [0, 0.1) is 11.6 Å². The Morgan fingerprint density at radius 3 is 2.31 bits per heavy atom. The molecular weight excluding hydrogens is 253 g/mol. The molecule has 2 aromatic rings. The van der Waals surface area contributed by atoms with Crippen LogP contribution in [0.4, 0.5) is 8.78 Å². The predicted molar refractivity (Wildman–Crippen MR) is 61.8 cm³/mol. The molecule has 0 aliphatic heterocycles. The molecule has 0 amide bonds. The fourth-order valence-electron chi connectivity index (χ4n) is 1.41. The van der Waals surface area contributed by atoms with Crippen LogP contribution in [0.1, 0.15) is 0 Å². The smallest absolute Gasteiger partial charge is 0.131 e. The number of hydrogen-bond acceptors (Lipinski definition) is 0. The number of benzene rings is 2. The summed E-state index contributed by atoms with van der Waals surface area (Å²) in [5, 5.41) is 0.652. The average molecular weight is 259 g/mol. The Kier molecular flexibility index (Phi) is 3.13. The Morgan fingerprint density at radius 2 is 1.56 bits per heavy atom. The Balaban J connectivity index is 2.66. The summed E-state index contributed by atoms with van der Waals surface area (Å²) in [7, 11) is 0. The van der Waals surface area contributed by atoms with Gasteiger partial charge in [-0.15, -0.1) is 0 Å². The summed E-state index contributed by atoms with van der Waals surface area (Å²) in [5.41, 5.74) is 0.485. The molecule has 0 bridgehead atoms. The van der Waals surface area contributed by atoms with Gasteiger partial charge < -0.3 is 0 Å². The van der Waals surface area contributed by atoms with E-state index >= 15 is 0 Å². The SMILES string of the molecule is Fc1ccc(Cl)c(-c2cc(Cl)ccc2F)c1. The van der Waals surface area contributed by atoms with Crippen LogP contribution in [0.3, 0.4) is 0 Å². The summed E-state index contributed by atoms with van der Waals surface area (Å²) in [4.78, 5) is 0. The van der Waals surface area contributed by atoms with Gasteiger partial charge in [0, 0.05) is 21.2 Å². The lowest BCUT2D eigenvalue weighted by molar-refractivity contribution is 0.624. The van der Waals surface area contributed by atoms with Crippen molar-refractivity contribution in [3.05, 3.63) is 58.1 Å². The molecule has 82 valence electrons. The van der Waals surface area contributed by atoms with Crippen LogP contribution in [-0.2, 0) is 0 Å². The molecule has 0 aromatic heterocycles. The van der Waals surface area contributed by atoms with E-state index in [0.717, 1.165) is 0 Å². The van der Waals surface area contributed by atoms with Crippen molar-refractivity contribution in [2.75, 3.05) is 0 Å². The maximum absolute atomic E-state index is 13.5. The molecule has 0 unspecified atom stereocenters. The summed E-state index contributed by atoms with van der Waals surface area (Å²) in [5.74, 6) is -0.962. The lowest BCUT2D eigenvalue weighted by Crippen LogP contribution is -1.87. The van der Waals surface area contributed by atoms with Crippen molar-refractivity contribution >= 4 is 23.2 Å². The third-order valence-electron chi connectivity index (χ3n) is 2.15. The minimum atomic E-state index is -0.489. The zero-order chi connectivity index (χ0) is 11.7. The fourth-order valence-corrected chi connectivity index (χ4v) is 1.80. The topological polar surface area (TPSA) is 0 Å². The highest BCUT2D eigenvalue weighted by molar-refractivity contribution is 6.33. The normalized spacial score (nSPS) is 10.5. The van der Waals surface area contributed by atoms with Crippen LogP contribution < -0.4 is 0 Å². The summed E-state index contributed by atoms with van der Waals surface area (Å²) in [6, 6.07) is 7.84. The molecule has 4 heteroatoms. The monoisotopic (exact) mass is 258 g/mol. The maximum atomic E-state index is 13.5. The van der Waals surface area contributed by atoms with Gasteiger partial charge in [0.1, 0.15) is 11.6 Å². The largest absolute Gasteiger partial charge is 0.207 e. The Bertz CT molecular complexity index is 489. The first-order valence-corrected chi connectivity index (χ1v) is 5.24. The van der Waals surface area contributed by atoms with Gasteiger partial charge in [0.25, 0.3) is 0 Å². The molecule has 0 saturated heterocycles. The quantitative estimate of drug-likeness (QED) is 0.680. The Labute approximate surface area is 101 Å². The van der Waals surface area contributed by atoms with E-state index in [4.69, 9.17) is 23.2 Å². The lowest BCUT2D eigenvalue weighted by Gasteiger charge is -2.06. The van der Waals surface area contributed by atoms with Crippen molar-refractivity contribution in [2.24, 2.45) is 0 Å². The predicted octanol–water partition coefficient (Wildman–Crippen LogP) is 4.94. The van der Waals surface area contributed by atoms with E-state index in [0.29, 0.717) is 10.6 Å². The third kappa shape index (κ3) is 2.18. The van der Waals surface area contributed by atoms with Crippen molar-refractivity contribution < 1.29 is 8.78 Å². The Hall–Kier alpha value is -1.12. The van der Waals surface area contributed by atoms with Gasteiger partial charge in [0.05, 0.1) is 0 Å². The number of rotatable bonds is 1. The van der Waals surface area contributed by atoms with Crippen LogP contribution in [-0.4, -0.2) is 0 Å². The first-order valence-electron chi connectivity index (χ1n) is 4.48. The average Bonchev–Trinajstić information content (AvgIpc) is 2.25. The Morgan fingerprint density at radius 1 is 0.812 bits per heavy atom. The van der Waals surface area contributed by atoms with E-state index in [1.54, 1.807) is 0 Å². The van der Waals surface area contributed by atoms with Gasteiger partial charge in [-0.1, -0.05) is 23.2 Å². The molecule has 0 atom stereocenters. The van der Waals surface area contributed by atoms with Crippen molar-refractivity contribution in [1.29, 1.82) is 0 Å². The van der Waals surface area contributed by atoms with Gasteiger partial charge in [-0.05, 0) is 36.4 Å². The van der Waals surface area contributed by atoms with Gasteiger partial charge >= 0.3 is 0 Å². The van der Waals surface area contributed by atoms with Crippen LogP contribution in [0.5, 0.6) is 0 Å². The van der Waals surface area contributed by atoms with E-state index in [1.807, 2.05) is 0 Å². The zero-order valence-electron chi connectivity index (χ0n) is 7.98. The minimum absolute atomic E-state index is 0.192. The second-order valence-electron chi connectivity index (χ2n) is 3.25. The van der Waals surface area contributed by atoms with Crippen LogP contribution in [0.25, 0.3) is 11.1 Å². The van der Waals surface area contributed by atoms with Gasteiger partial charge in [0.2, 0.25) is 0 Å². The zero-order valence-corrected chi connectivity index (χ0v) is 9.49. The standard InChI is InChI=1S/C12H6Cl2F2/c13-7-1-4-12(16)10(5-7)9-6-8(15)2-3-11(9)14/h1-6H. The number of hydrogen-bond donors (Lipinski definition) is 0. The summed E-state index contributed by atoms with van der Waals surface area (Å²) in [6.07, 6.45) is 0. The summed E-state index contributed by atoms with van der Waals surface area (Å²) >= 11 is 11.6. The lowest BCUT2D eigenvalue weighted by atomic mass is 10.1. The van der Waals surface area contributed by atoms with Gasteiger partial charge in [-0.2, -0.15) is 0 Å². The number of halogens is 4. The van der Waals surface area contributed by atoms with E-state index in [-0.39, 0.29) is 10.6 Å².